The van der Waals surface area contributed by atoms with Gasteiger partial charge in [0.25, 0.3) is 0 Å². The Morgan fingerprint density at radius 1 is 1.05 bits per heavy atom. The summed E-state index contributed by atoms with van der Waals surface area (Å²) in [6.45, 7) is 6.94. The van der Waals surface area contributed by atoms with Crippen LogP contribution in [0.1, 0.15) is 37.7 Å². The maximum atomic E-state index is 6.59. The van der Waals surface area contributed by atoms with Gasteiger partial charge in [0.2, 0.25) is 0 Å². The minimum absolute atomic E-state index is 0.0958. The Hall–Kier alpha value is -0.253. The van der Waals surface area contributed by atoms with Crippen LogP contribution in [0.4, 0.5) is 0 Å². The van der Waals surface area contributed by atoms with E-state index in [1.54, 1.807) is 0 Å². The Labute approximate surface area is 123 Å². The highest BCUT2D eigenvalue weighted by molar-refractivity contribution is 7.99. The van der Waals surface area contributed by atoms with Crippen molar-refractivity contribution < 1.29 is 4.43 Å². The van der Waals surface area contributed by atoms with E-state index in [0.717, 1.165) is 5.75 Å². The second-order valence-corrected chi connectivity index (χ2v) is 12.2. The van der Waals surface area contributed by atoms with Gasteiger partial charge in [0, 0.05) is 5.75 Å². The first kappa shape index (κ1) is 15.1. The normalized spacial score (nSPS) is 19.3. The molecule has 1 saturated carbocycles. The van der Waals surface area contributed by atoms with Crippen LogP contribution in [0, 0.1) is 0 Å². The Bertz CT molecular complexity index is 379. The summed E-state index contributed by atoms with van der Waals surface area (Å²) in [4.78, 5) is 0.0958. The van der Waals surface area contributed by atoms with Crippen LogP contribution in [0.25, 0.3) is 0 Å². The summed E-state index contributed by atoms with van der Waals surface area (Å²) in [7, 11) is -1.48. The van der Waals surface area contributed by atoms with Crippen molar-refractivity contribution in [2.24, 2.45) is 0 Å². The monoisotopic (exact) mass is 294 g/mol. The van der Waals surface area contributed by atoms with Crippen LogP contribution < -0.4 is 0 Å². The van der Waals surface area contributed by atoms with Gasteiger partial charge < -0.3 is 4.43 Å². The molecule has 0 heterocycles. The van der Waals surface area contributed by atoms with Gasteiger partial charge in [-0.2, -0.15) is 0 Å². The predicted octanol–water partition coefficient (Wildman–Crippen LogP) is 5.43. The first-order valence-corrected chi connectivity index (χ1v) is 11.8. The smallest absolute Gasteiger partial charge is 0.185 e. The van der Waals surface area contributed by atoms with E-state index in [4.69, 9.17) is 4.43 Å². The van der Waals surface area contributed by atoms with Crippen molar-refractivity contribution in [1.29, 1.82) is 0 Å². The Kier molecular flexibility index (Phi) is 5.15. The van der Waals surface area contributed by atoms with Gasteiger partial charge in [-0.05, 0) is 50.9 Å². The minimum Gasteiger partial charge on any atom is -0.403 e. The van der Waals surface area contributed by atoms with Crippen LogP contribution in [0.15, 0.2) is 30.3 Å². The van der Waals surface area contributed by atoms with Gasteiger partial charge in [0.05, 0.1) is 0 Å². The van der Waals surface area contributed by atoms with Gasteiger partial charge in [-0.15, -0.1) is 11.8 Å². The molecule has 0 aromatic heterocycles. The van der Waals surface area contributed by atoms with Crippen molar-refractivity contribution >= 4 is 20.1 Å². The van der Waals surface area contributed by atoms with E-state index in [2.05, 4.69) is 50.0 Å². The fourth-order valence-corrected chi connectivity index (χ4v) is 6.22. The quantitative estimate of drug-likeness (QED) is 0.529. The summed E-state index contributed by atoms with van der Waals surface area (Å²) in [5, 5.41) is 0. The van der Waals surface area contributed by atoms with Crippen LogP contribution in [0.5, 0.6) is 0 Å². The molecule has 0 unspecified atom stereocenters. The van der Waals surface area contributed by atoms with E-state index in [0.29, 0.717) is 0 Å². The van der Waals surface area contributed by atoms with Crippen LogP contribution in [-0.4, -0.2) is 13.3 Å². The van der Waals surface area contributed by atoms with Crippen molar-refractivity contribution in [3.05, 3.63) is 35.9 Å². The molecular formula is C16H26OSSi. The molecule has 2 rings (SSSR count). The molecule has 0 atom stereocenters. The third kappa shape index (κ3) is 4.97. The predicted molar refractivity (Wildman–Crippen MR) is 88.0 cm³/mol. The molecular weight excluding hydrogens is 268 g/mol. The Morgan fingerprint density at radius 3 is 2.26 bits per heavy atom. The largest absolute Gasteiger partial charge is 0.403 e. The number of benzene rings is 1. The SMILES string of the molecule is C[Si](C)(C)OC1(SCc2ccccc2)CCCCC1. The fraction of sp³-hybridized carbons (Fsp3) is 0.625. The summed E-state index contributed by atoms with van der Waals surface area (Å²) < 4.78 is 6.59. The third-order valence-electron chi connectivity index (χ3n) is 3.45. The summed E-state index contributed by atoms with van der Waals surface area (Å²) in [6.07, 6.45) is 6.49. The van der Waals surface area contributed by atoms with Crippen molar-refractivity contribution in [2.45, 2.75) is 62.4 Å². The lowest BCUT2D eigenvalue weighted by Gasteiger charge is -2.41. The van der Waals surface area contributed by atoms with E-state index < -0.39 is 8.32 Å². The van der Waals surface area contributed by atoms with Gasteiger partial charge in [0.15, 0.2) is 8.32 Å². The maximum Gasteiger partial charge on any atom is 0.185 e. The summed E-state index contributed by atoms with van der Waals surface area (Å²) in [6, 6.07) is 10.8. The van der Waals surface area contributed by atoms with Gasteiger partial charge in [-0.3, -0.25) is 0 Å². The Morgan fingerprint density at radius 2 is 1.68 bits per heavy atom. The van der Waals surface area contributed by atoms with Crippen molar-refractivity contribution in [1.82, 2.24) is 0 Å². The number of hydrogen-bond donors (Lipinski definition) is 0. The average molecular weight is 295 g/mol. The molecule has 1 aromatic rings. The van der Waals surface area contributed by atoms with E-state index in [-0.39, 0.29) is 4.93 Å². The number of rotatable bonds is 5. The zero-order chi connectivity index (χ0) is 13.8. The number of hydrogen-bond acceptors (Lipinski definition) is 2. The first-order chi connectivity index (χ1) is 8.99. The summed E-state index contributed by atoms with van der Waals surface area (Å²) in [5.41, 5.74) is 1.41. The van der Waals surface area contributed by atoms with E-state index in [1.165, 1.54) is 37.7 Å². The fourth-order valence-electron chi connectivity index (χ4n) is 2.71. The van der Waals surface area contributed by atoms with Crippen LogP contribution in [0.3, 0.4) is 0 Å². The first-order valence-electron chi connectivity index (χ1n) is 7.37. The molecule has 1 aliphatic carbocycles. The summed E-state index contributed by atoms with van der Waals surface area (Å²) in [5.74, 6) is 1.07. The molecule has 0 bridgehead atoms. The van der Waals surface area contributed by atoms with Crippen molar-refractivity contribution in [3.8, 4) is 0 Å². The molecule has 1 nitrogen and oxygen atoms in total. The average Bonchev–Trinajstić information content (AvgIpc) is 2.37. The van der Waals surface area contributed by atoms with E-state index in [1.807, 2.05) is 11.8 Å². The molecule has 106 valence electrons. The standard InChI is InChI=1S/C16H26OSSi/c1-19(2,3)17-16(12-8-5-9-13-16)18-14-15-10-6-4-7-11-15/h4,6-7,10-11H,5,8-9,12-14H2,1-3H3. The molecule has 19 heavy (non-hydrogen) atoms. The summed E-state index contributed by atoms with van der Waals surface area (Å²) >= 11 is 2.04. The molecule has 0 amide bonds. The molecule has 0 spiro atoms. The molecule has 1 aromatic carbocycles. The highest BCUT2D eigenvalue weighted by Crippen LogP contribution is 2.44. The zero-order valence-electron chi connectivity index (χ0n) is 12.4. The van der Waals surface area contributed by atoms with Gasteiger partial charge in [0.1, 0.15) is 4.93 Å². The van der Waals surface area contributed by atoms with Crippen molar-refractivity contribution in [3.63, 3.8) is 0 Å². The molecule has 1 fully saturated rings. The minimum atomic E-state index is -1.48. The molecule has 0 saturated heterocycles. The van der Waals surface area contributed by atoms with E-state index >= 15 is 0 Å². The second-order valence-electron chi connectivity index (χ2n) is 6.46. The second kappa shape index (κ2) is 6.46. The molecule has 3 heteroatoms. The van der Waals surface area contributed by atoms with Crippen molar-refractivity contribution in [2.75, 3.05) is 0 Å². The lowest BCUT2D eigenvalue weighted by molar-refractivity contribution is 0.113. The van der Waals surface area contributed by atoms with E-state index in [9.17, 15) is 0 Å². The highest BCUT2D eigenvalue weighted by Gasteiger charge is 2.37. The highest BCUT2D eigenvalue weighted by atomic mass is 32.2. The lowest BCUT2D eigenvalue weighted by Crippen LogP contribution is -2.41. The maximum absolute atomic E-state index is 6.59. The molecule has 0 N–H and O–H groups in total. The van der Waals surface area contributed by atoms with Gasteiger partial charge in [-0.25, -0.2) is 0 Å². The Balaban J connectivity index is 2.01. The van der Waals surface area contributed by atoms with Gasteiger partial charge >= 0.3 is 0 Å². The van der Waals surface area contributed by atoms with Gasteiger partial charge in [-0.1, -0.05) is 36.8 Å². The molecule has 0 aliphatic heterocycles. The zero-order valence-corrected chi connectivity index (χ0v) is 14.3. The third-order valence-corrected chi connectivity index (χ3v) is 6.10. The number of thioether (sulfide) groups is 1. The van der Waals surface area contributed by atoms with Crippen LogP contribution >= 0.6 is 11.8 Å². The molecule has 0 radical (unpaired) electrons. The van der Waals surface area contributed by atoms with Crippen LogP contribution in [-0.2, 0) is 10.2 Å². The lowest BCUT2D eigenvalue weighted by atomic mass is 9.97. The van der Waals surface area contributed by atoms with Crippen LogP contribution in [0.2, 0.25) is 19.6 Å². The molecule has 1 aliphatic rings. The topological polar surface area (TPSA) is 9.23 Å².